The largest absolute Gasteiger partial charge is 0.496 e. The molecule has 0 amide bonds. The summed E-state index contributed by atoms with van der Waals surface area (Å²) in [5.41, 5.74) is 4.58. The van der Waals surface area contributed by atoms with Crippen molar-refractivity contribution in [3.63, 3.8) is 0 Å². The standard InChI is InChI=1S/C15H21NO/c1-17-15-9-8-12(11-5-4-6-13(11)15)14-7-2-3-10-16-14/h8-9,14,16H,2-7,10H2,1H3. The molecular weight excluding hydrogens is 210 g/mol. The Labute approximate surface area is 103 Å². The van der Waals surface area contributed by atoms with Gasteiger partial charge in [-0.3, -0.25) is 0 Å². The van der Waals surface area contributed by atoms with Gasteiger partial charge in [0.05, 0.1) is 7.11 Å². The van der Waals surface area contributed by atoms with E-state index in [2.05, 4.69) is 17.4 Å². The predicted molar refractivity (Wildman–Crippen MR) is 69.6 cm³/mol. The molecule has 0 saturated carbocycles. The maximum Gasteiger partial charge on any atom is 0.122 e. The lowest BCUT2D eigenvalue weighted by atomic mass is 9.91. The average Bonchev–Trinajstić information content (AvgIpc) is 2.88. The first-order chi connectivity index (χ1) is 8.40. The summed E-state index contributed by atoms with van der Waals surface area (Å²) in [7, 11) is 1.78. The van der Waals surface area contributed by atoms with Gasteiger partial charge in [-0.05, 0) is 61.4 Å². The normalized spacial score (nSPS) is 23.5. The summed E-state index contributed by atoms with van der Waals surface area (Å²) < 4.78 is 5.48. The molecule has 1 aromatic rings. The van der Waals surface area contributed by atoms with Gasteiger partial charge in [-0.25, -0.2) is 0 Å². The Hall–Kier alpha value is -1.02. The highest BCUT2D eigenvalue weighted by Gasteiger charge is 2.24. The van der Waals surface area contributed by atoms with Crippen LogP contribution in [0, 0.1) is 0 Å². The maximum atomic E-state index is 5.48. The molecule has 2 aliphatic rings. The van der Waals surface area contributed by atoms with Gasteiger partial charge >= 0.3 is 0 Å². The second kappa shape index (κ2) is 4.69. The van der Waals surface area contributed by atoms with Gasteiger partial charge in [0.2, 0.25) is 0 Å². The fourth-order valence-corrected chi connectivity index (χ4v) is 3.34. The van der Waals surface area contributed by atoms with Crippen LogP contribution >= 0.6 is 0 Å². The summed E-state index contributed by atoms with van der Waals surface area (Å²) in [6.45, 7) is 1.17. The molecular formula is C15H21NO. The molecule has 1 fully saturated rings. The number of benzene rings is 1. The van der Waals surface area contributed by atoms with Crippen molar-refractivity contribution in [2.45, 2.75) is 44.6 Å². The molecule has 0 bridgehead atoms. The first-order valence-corrected chi connectivity index (χ1v) is 6.82. The zero-order valence-electron chi connectivity index (χ0n) is 10.6. The number of fused-ring (bicyclic) bond motifs is 1. The lowest BCUT2D eigenvalue weighted by Gasteiger charge is -2.26. The molecule has 1 N–H and O–H groups in total. The zero-order chi connectivity index (χ0) is 11.7. The first kappa shape index (κ1) is 11.1. The molecule has 0 spiro atoms. The van der Waals surface area contributed by atoms with Crippen molar-refractivity contribution < 1.29 is 4.74 Å². The SMILES string of the molecule is COc1ccc(C2CCCCN2)c2c1CCC2. The van der Waals surface area contributed by atoms with Crippen LogP contribution in [0.15, 0.2) is 12.1 Å². The van der Waals surface area contributed by atoms with Gasteiger partial charge in [0.25, 0.3) is 0 Å². The van der Waals surface area contributed by atoms with Gasteiger partial charge in [0, 0.05) is 6.04 Å². The molecule has 0 aromatic heterocycles. The summed E-state index contributed by atoms with van der Waals surface area (Å²) in [5.74, 6) is 1.09. The van der Waals surface area contributed by atoms with E-state index in [0.29, 0.717) is 6.04 Å². The lowest BCUT2D eigenvalue weighted by molar-refractivity contribution is 0.402. The third kappa shape index (κ3) is 1.95. The Bertz CT molecular complexity index is 408. The predicted octanol–water partition coefficient (Wildman–Crippen LogP) is 3.00. The van der Waals surface area contributed by atoms with Crippen LogP contribution < -0.4 is 10.1 Å². The molecule has 2 heteroatoms. The van der Waals surface area contributed by atoms with E-state index >= 15 is 0 Å². The number of hydrogen-bond donors (Lipinski definition) is 1. The number of ether oxygens (including phenoxy) is 1. The minimum absolute atomic E-state index is 0.585. The summed E-state index contributed by atoms with van der Waals surface area (Å²) in [6.07, 6.45) is 7.70. The molecule has 1 aromatic carbocycles. The summed E-state index contributed by atoms with van der Waals surface area (Å²) in [5, 5.41) is 3.66. The zero-order valence-corrected chi connectivity index (χ0v) is 10.6. The fourth-order valence-electron chi connectivity index (χ4n) is 3.34. The minimum Gasteiger partial charge on any atom is -0.496 e. The van der Waals surface area contributed by atoms with Crippen LogP contribution in [0.5, 0.6) is 5.75 Å². The third-order valence-corrected chi connectivity index (χ3v) is 4.18. The Morgan fingerprint density at radius 2 is 2.00 bits per heavy atom. The molecule has 0 radical (unpaired) electrons. The van der Waals surface area contributed by atoms with E-state index in [-0.39, 0.29) is 0 Å². The molecule has 1 aliphatic carbocycles. The average molecular weight is 231 g/mol. The maximum absolute atomic E-state index is 5.48. The van der Waals surface area contributed by atoms with Gasteiger partial charge in [0.15, 0.2) is 0 Å². The van der Waals surface area contributed by atoms with Crippen molar-refractivity contribution in [1.29, 1.82) is 0 Å². The van der Waals surface area contributed by atoms with Crippen molar-refractivity contribution >= 4 is 0 Å². The molecule has 3 rings (SSSR count). The smallest absolute Gasteiger partial charge is 0.122 e. The molecule has 17 heavy (non-hydrogen) atoms. The summed E-state index contributed by atoms with van der Waals surface area (Å²) in [6, 6.07) is 5.03. The number of rotatable bonds is 2. The minimum atomic E-state index is 0.585. The van der Waals surface area contributed by atoms with Crippen LogP contribution in [0.25, 0.3) is 0 Å². The van der Waals surface area contributed by atoms with Crippen molar-refractivity contribution in [3.05, 3.63) is 28.8 Å². The molecule has 92 valence electrons. The lowest BCUT2D eigenvalue weighted by Crippen LogP contribution is -2.27. The van der Waals surface area contributed by atoms with Crippen molar-refractivity contribution in [3.8, 4) is 5.75 Å². The van der Waals surface area contributed by atoms with Crippen LogP contribution in [0.2, 0.25) is 0 Å². The number of methoxy groups -OCH3 is 1. The quantitative estimate of drug-likeness (QED) is 0.845. The Kier molecular flexibility index (Phi) is 3.06. The Morgan fingerprint density at radius 3 is 2.76 bits per heavy atom. The van der Waals surface area contributed by atoms with E-state index in [1.54, 1.807) is 12.7 Å². The van der Waals surface area contributed by atoms with Crippen molar-refractivity contribution in [2.75, 3.05) is 13.7 Å². The highest BCUT2D eigenvalue weighted by Crippen LogP contribution is 2.37. The molecule has 1 atom stereocenters. The molecule has 1 saturated heterocycles. The first-order valence-electron chi connectivity index (χ1n) is 6.82. The van der Waals surface area contributed by atoms with Crippen LogP contribution in [0.1, 0.15) is 48.4 Å². The summed E-state index contributed by atoms with van der Waals surface area (Å²) in [4.78, 5) is 0. The van der Waals surface area contributed by atoms with Crippen molar-refractivity contribution in [2.24, 2.45) is 0 Å². The van der Waals surface area contributed by atoms with Gasteiger partial charge in [0.1, 0.15) is 5.75 Å². The van der Waals surface area contributed by atoms with E-state index in [9.17, 15) is 0 Å². The Morgan fingerprint density at radius 1 is 1.12 bits per heavy atom. The van der Waals surface area contributed by atoms with E-state index in [1.165, 1.54) is 56.2 Å². The van der Waals surface area contributed by atoms with Crippen LogP contribution in [-0.2, 0) is 12.8 Å². The highest BCUT2D eigenvalue weighted by atomic mass is 16.5. The van der Waals surface area contributed by atoms with Gasteiger partial charge in [-0.15, -0.1) is 0 Å². The third-order valence-electron chi connectivity index (χ3n) is 4.18. The topological polar surface area (TPSA) is 21.3 Å². The molecule has 1 unspecified atom stereocenters. The Balaban J connectivity index is 1.97. The monoisotopic (exact) mass is 231 g/mol. The van der Waals surface area contributed by atoms with Crippen LogP contribution in [-0.4, -0.2) is 13.7 Å². The summed E-state index contributed by atoms with van der Waals surface area (Å²) >= 11 is 0. The highest BCUT2D eigenvalue weighted by molar-refractivity contribution is 5.49. The second-order valence-corrected chi connectivity index (χ2v) is 5.17. The van der Waals surface area contributed by atoms with E-state index in [1.807, 2.05) is 0 Å². The molecule has 2 nitrogen and oxygen atoms in total. The van der Waals surface area contributed by atoms with E-state index in [0.717, 1.165) is 5.75 Å². The van der Waals surface area contributed by atoms with Crippen LogP contribution in [0.3, 0.4) is 0 Å². The molecule has 1 aliphatic heterocycles. The van der Waals surface area contributed by atoms with E-state index in [4.69, 9.17) is 4.74 Å². The number of hydrogen-bond acceptors (Lipinski definition) is 2. The number of piperidine rings is 1. The number of nitrogens with one attached hydrogen (secondary N) is 1. The van der Waals surface area contributed by atoms with Crippen LogP contribution in [0.4, 0.5) is 0 Å². The van der Waals surface area contributed by atoms with Gasteiger partial charge in [-0.1, -0.05) is 12.5 Å². The van der Waals surface area contributed by atoms with Gasteiger partial charge in [-0.2, -0.15) is 0 Å². The second-order valence-electron chi connectivity index (χ2n) is 5.17. The van der Waals surface area contributed by atoms with Crippen molar-refractivity contribution in [1.82, 2.24) is 5.32 Å². The fraction of sp³-hybridized carbons (Fsp3) is 0.600. The van der Waals surface area contributed by atoms with E-state index < -0.39 is 0 Å². The van der Waals surface area contributed by atoms with Gasteiger partial charge < -0.3 is 10.1 Å². The molecule has 1 heterocycles.